The van der Waals surface area contributed by atoms with Crippen LogP contribution in [-0.4, -0.2) is 31.7 Å². The molecule has 0 aliphatic rings. The smallest absolute Gasteiger partial charge is 0.209 e. The number of benzene rings is 1. The maximum atomic E-state index is 12.2. The van der Waals surface area contributed by atoms with Gasteiger partial charge in [0.05, 0.1) is 5.75 Å². The summed E-state index contributed by atoms with van der Waals surface area (Å²) in [5, 5.41) is 11.8. The van der Waals surface area contributed by atoms with E-state index in [0.717, 1.165) is 16.7 Å². The van der Waals surface area contributed by atoms with E-state index >= 15 is 0 Å². The molecule has 0 fully saturated rings. The van der Waals surface area contributed by atoms with Gasteiger partial charge in [0.2, 0.25) is 5.16 Å². The summed E-state index contributed by atoms with van der Waals surface area (Å²) in [6.07, 6.45) is 0. The molecule has 0 saturated carbocycles. The number of tetrazole rings is 1. The van der Waals surface area contributed by atoms with E-state index < -0.39 is 0 Å². The van der Waals surface area contributed by atoms with Crippen LogP contribution >= 0.6 is 11.8 Å². The highest BCUT2D eigenvalue weighted by molar-refractivity contribution is 7.99. The number of aromatic nitrogens is 4. The minimum absolute atomic E-state index is 0.105. The maximum absolute atomic E-state index is 12.2. The Hall–Kier alpha value is -1.69. The lowest BCUT2D eigenvalue weighted by Crippen LogP contribution is -2.07. The Bertz CT molecular complexity index is 621. The van der Waals surface area contributed by atoms with E-state index in [0.29, 0.717) is 10.9 Å². The van der Waals surface area contributed by atoms with Gasteiger partial charge in [-0.25, -0.2) is 4.68 Å². The van der Waals surface area contributed by atoms with Crippen molar-refractivity contribution in [3.63, 3.8) is 0 Å². The molecule has 100 valence electrons. The first-order valence-corrected chi connectivity index (χ1v) is 6.94. The standard InChI is InChI=1S/C13H16N4OS/c1-8-5-10(3)11(6-9(8)2)12(18)7-19-13-14-15-16-17(13)4/h5-6H,7H2,1-4H3. The fourth-order valence-corrected chi connectivity index (χ4v) is 2.55. The summed E-state index contributed by atoms with van der Waals surface area (Å²) in [4.78, 5) is 12.2. The molecule has 0 bridgehead atoms. The van der Waals surface area contributed by atoms with Crippen molar-refractivity contribution in [1.29, 1.82) is 0 Å². The number of carbonyl (C=O) groups excluding carboxylic acids is 1. The average molecular weight is 276 g/mol. The molecule has 1 aromatic carbocycles. The Balaban J connectivity index is 2.12. The summed E-state index contributed by atoms with van der Waals surface area (Å²) in [7, 11) is 1.76. The largest absolute Gasteiger partial charge is 0.293 e. The van der Waals surface area contributed by atoms with Crippen molar-refractivity contribution in [2.24, 2.45) is 7.05 Å². The van der Waals surface area contributed by atoms with Gasteiger partial charge in [0.25, 0.3) is 0 Å². The number of hydrogen-bond acceptors (Lipinski definition) is 5. The second-order valence-electron chi connectivity index (χ2n) is 4.55. The summed E-state index contributed by atoms with van der Waals surface area (Å²) in [6.45, 7) is 6.04. The third kappa shape index (κ3) is 3.01. The van der Waals surface area contributed by atoms with Crippen molar-refractivity contribution in [3.8, 4) is 0 Å². The molecule has 0 amide bonds. The van der Waals surface area contributed by atoms with E-state index in [2.05, 4.69) is 28.5 Å². The van der Waals surface area contributed by atoms with E-state index in [1.54, 1.807) is 11.7 Å². The van der Waals surface area contributed by atoms with Crippen LogP contribution in [0, 0.1) is 20.8 Å². The first kappa shape index (κ1) is 13.7. The van der Waals surface area contributed by atoms with Gasteiger partial charge < -0.3 is 0 Å². The molecule has 0 unspecified atom stereocenters. The third-order valence-electron chi connectivity index (χ3n) is 3.05. The summed E-state index contributed by atoms with van der Waals surface area (Å²) < 4.78 is 1.56. The molecule has 5 nitrogen and oxygen atoms in total. The molecule has 0 aliphatic heterocycles. The van der Waals surface area contributed by atoms with Crippen LogP contribution in [0.4, 0.5) is 0 Å². The Kier molecular flexibility index (Phi) is 3.99. The van der Waals surface area contributed by atoms with Crippen molar-refractivity contribution in [1.82, 2.24) is 20.2 Å². The molecule has 19 heavy (non-hydrogen) atoms. The van der Waals surface area contributed by atoms with Crippen molar-refractivity contribution in [2.75, 3.05) is 5.75 Å². The Labute approximate surface area is 116 Å². The quantitative estimate of drug-likeness (QED) is 0.632. The van der Waals surface area contributed by atoms with Crippen molar-refractivity contribution >= 4 is 17.5 Å². The second-order valence-corrected chi connectivity index (χ2v) is 5.49. The van der Waals surface area contributed by atoms with Crippen molar-refractivity contribution < 1.29 is 4.79 Å². The first-order chi connectivity index (χ1) is 8.99. The molecule has 6 heteroatoms. The second kappa shape index (κ2) is 5.52. The Morgan fingerprint density at radius 1 is 1.21 bits per heavy atom. The van der Waals surface area contributed by atoms with Gasteiger partial charge in [-0.15, -0.1) is 5.10 Å². The minimum Gasteiger partial charge on any atom is -0.293 e. The molecule has 0 radical (unpaired) electrons. The van der Waals surface area contributed by atoms with Gasteiger partial charge in [-0.1, -0.05) is 17.8 Å². The topological polar surface area (TPSA) is 60.7 Å². The molecular formula is C13H16N4OS. The van der Waals surface area contributed by atoms with Crippen molar-refractivity contribution in [2.45, 2.75) is 25.9 Å². The van der Waals surface area contributed by atoms with Crippen LogP contribution in [0.5, 0.6) is 0 Å². The number of nitrogens with zero attached hydrogens (tertiary/aromatic N) is 4. The molecule has 0 spiro atoms. The fourth-order valence-electron chi connectivity index (χ4n) is 1.81. The van der Waals surface area contributed by atoms with Gasteiger partial charge in [0.15, 0.2) is 5.78 Å². The number of carbonyl (C=O) groups is 1. The predicted molar refractivity (Wildman–Crippen MR) is 74.5 cm³/mol. The number of rotatable bonds is 4. The van der Waals surface area contributed by atoms with Crippen LogP contribution in [0.15, 0.2) is 17.3 Å². The predicted octanol–water partition coefficient (Wildman–Crippen LogP) is 2.11. The van der Waals surface area contributed by atoms with E-state index in [1.165, 1.54) is 17.3 Å². The van der Waals surface area contributed by atoms with E-state index in [9.17, 15) is 4.79 Å². The molecule has 1 aromatic heterocycles. The highest BCUT2D eigenvalue weighted by Crippen LogP contribution is 2.19. The molecule has 0 atom stereocenters. The van der Waals surface area contributed by atoms with E-state index in [-0.39, 0.29) is 5.78 Å². The van der Waals surface area contributed by atoms with Crippen LogP contribution in [-0.2, 0) is 7.05 Å². The normalized spacial score (nSPS) is 10.7. The lowest BCUT2D eigenvalue weighted by molar-refractivity contribution is 0.102. The molecule has 2 aromatic rings. The monoisotopic (exact) mass is 276 g/mol. The van der Waals surface area contributed by atoms with Crippen LogP contribution in [0.25, 0.3) is 0 Å². The molecule has 0 saturated heterocycles. The number of hydrogen-bond donors (Lipinski definition) is 0. The number of Topliss-reactive ketones (excluding diaryl/α,β-unsaturated/α-hetero) is 1. The number of ketones is 1. The molecule has 0 aliphatic carbocycles. The summed E-state index contributed by atoms with van der Waals surface area (Å²) in [5.41, 5.74) is 4.15. The highest BCUT2D eigenvalue weighted by atomic mass is 32.2. The fraction of sp³-hybridized carbons (Fsp3) is 0.385. The van der Waals surface area contributed by atoms with E-state index in [1.807, 2.05) is 19.9 Å². The van der Waals surface area contributed by atoms with Crippen LogP contribution in [0.2, 0.25) is 0 Å². The maximum Gasteiger partial charge on any atom is 0.209 e. The lowest BCUT2D eigenvalue weighted by atomic mass is 9.99. The SMILES string of the molecule is Cc1cc(C)c(C(=O)CSc2nnnn2C)cc1C. The first-order valence-electron chi connectivity index (χ1n) is 5.95. The van der Waals surface area contributed by atoms with Crippen LogP contribution in [0.3, 0.4) is 0 Å². The van der Waals surface area contributed by atoms with E-state index in [4.69, 9.17) is 0 Å². The average Bonchev–Trinajstić information content (AvgIpc) is 2.76. The molecule has 2 rings (SSSR count). The van der Waals surface area contributed by atoms with Gasteiger partial charge in [-0.3, -0.25) is 4.79 Å². The van der Waals surface area contributed by atoms with Gasteiger partial charge in [0, 0.05) is 12.6 Å². The van der Waals surface area contributed by atoms with Crippen LogP contribution < -0.4 is 0 Å². The van der Waals surface area contributed by atoms with Crippen molar-refractivity contribution in [3.05, 3.63) is 34.4 Å². The third-order valence-corrected chi connectivity index (χ3v) is 4.07. The number of aryl methyl sites for hydroxylation is 4. The summed E-state index contributed by atoms with van der Waals surface area (Å²) in [5.74, 6) is 0.450. The number of thioether (sulfide) groups is 1. The van der Waals surface area contributed by atoms with Gasteiger partial charge in [-0.05, 0) is 54.0 Å². The van der Waals surface area contributed by atoms with Gasteiger partial charge in [0.1, 0.15) is 0 Å². The Morgan fingerprint density at radius 3 is 2.53 bits per heavy atom. The zero-order valence-corrected chi connectivity index (χ0v) is 12.3. The lowest BCUT2D eigenvalue weighted by Gasteiger charge is -2.08. The highest BCUT2D eigenvalue weighted by Gasteiger charge is 2.13. The molecular weight excluding hydrogens is 260 g/mol. The molecule has 0 N–H and O–H groups in total. The zero-order valence-electron chi connectivity index (χ0n) is 11.5. The Morgan fingerprint density at radius 2 is 1.89 bits per heavy atom. The molecule has 1 heterocycles. The summed E-state index contributed by atoms with van der Waals surface area (Å²) in [6, 6.07) is 4.01. The minimum atomic E-state index is 0.105. The zero-order chi connectivity index (χ0) is 14.0. The summed E-state index contributed by atoms with van der Waals surface area (Å²) >= 11 is 1.35. The van der Waals surface area contributed by atoms with Gasteiger partial charge >= 0.3 is 0 Å². The van der Waals surface area contributed by atoms with Gasteiger partial charge in [-0.2, -0.15) is 0 Å². The van der Waals surface area contributed by atoms with Crippen LogP contribution in [0.1, 0.15) is 27.0 Å².